The van der Waals surface area contributed by atoms with E-state index in [2.05, 4.69) is 5.32 Å². The Morgan fingerprint density at radius 1 is 1.08 bits per heavy atom. The van der Waals surface area contributed by atoms with Crippen molar-refractivity contribution < 1.29 is 28.6 Å². The molecule has 0 spiro atoms. The van der Waals surface area contributed by atoms with Gasteiger partial charge in [0.05, 0.1) is 25.4 Å². The Hall–Kier alpha value is -2.77. The van der Waals surface area contributed by atoms with Crippen molar-refractivity contribution in [3.05, 3.63) is 70.5 Å². The van der Waals surface area contributed by atoms with Gasteiger partial charge < -0.3 is 19.9 Å². The van der Waals surface area contributed by atoms with Crippen LogP contribution in [0.2, 0.25) is 0 Å². The molecule has 0 bridgehead atoms. The maximum atomic E-state index is 13.8. The summed E-state index contributed by atoms with van der Waals surface area (Å²) < 4.78 is 23.9. The lowest BCUT2D eigenvalue weighted by molar-refractivity contribution is 0.0604. The van der Waals surface area contributed by atoms with E-state index in [-0.39, 0.29) is 24.6 Å². The van der Waals surface area contributed by atoms with Crippen molar-refractivity contribution in [3.63, 3.8) is 0 Å². The number of hydrogen-bond acceptors (Lipinski definition) is 4. The number of nitrogens with one attached hydrogen (secondary N) is 1. The van der Waals surface area contributed by atoms with Crippen molar-refractivity contribution in [2.75, 3.05) is 20.3 Å². The highest BCUT2D eigenvalue weighted by molar-refractivity contribution is 5.94. The first kappa shape index (κ1) is 19.6. The largest absolute Gasteiger partial charge is 0.478 e. The average molecular weight is 361 g/mol. The third kappa shape index (κ3) is 5.65. The Balaban J connectivity index is 1.95. The van der Waals surface area contributed by atoms with E-state index < -0.39 is 11.8 Å². The number of hydrogen-bond donors (Lipinski definition) is 2. The normalized spacial score (nSPS) is 10.5. The Labute approximate surface area is 150 Å². The molecule has 26 heavy (non-hydrogen) atoms. The quantitative estimate of drug-likeness (QED) is 0.671. The number of carboxylic acids is 1. The van der Waals surface area contributed by atoms with Crippen LogP contribution in [0.3, 0.4) is 0 Å². The molecule has 0 aliphatic carbocycles. The molecule has 2 aromatic rings. The molecule has 0 aromatic heterocycles. The number of carboxylic acid groups (broad SMARTS) is 1. The van der Waals surface area contributed by atoms with Crippen LogP contribution in [0.1, 0.15) is 31.8 Å². The van der Waals surface area contributed by atoms with Gasteiger partial charge in [0, 0.05) is 24.8 Å². The van der Waals surface area contributed by atoms with Crippen LogP contribution in [0.5, 0.6) is 0 Å². The maximum absolute atomic E-state index is 13.8. The summed E-state index contributed by atoms with van der Waals surface area (Å²) in [5.41, 5.74) is 1.55. The van der Waals surface area contributed by atoms with Gasteiger partial charge in [0.1, 0.15) is 5.82 Å². The van der Waals surface area contributed by atoms with Crippen molar-refractivity contribution in [2.24, 2.45) is 0 Å². The highest BCUT2D eigenvalue weighted by Crippen LogP contribution is 2.12. The van der Waals surface area contributed by atoms with E-state index in [4.69, 9.17) is 14.6 Å². The molecular formula is C19H20FNO5. The lowest BCUT2D eigenvalue weighted by Gasteiger charge is -2.09. The second-order valence-corrected chi connectivity index (χ2v) is 5.54. The molecule has 7 heteroatoms. The van der Waals surface area contributed by atoms with Crippen LogP contribution in [0.4, 0.5) is 4.39 Å². The van der Waals surface area contributed by atoms with Gasteiger partial charge in [-0.25, -0.2) is 9.18 Å². The number of halogens is 1. The molecule has 0 saturated heterocycles. The van der Waals surface area contributed by atoms with Gasteiger partial charge in [-0.15, -0.1) is 0 Å². The van der Waals surface area contributed by atoms with E-state index in [0.717, 1.165) is 5.56 Å². The highest BCUT2D eigenvalue weighted by atomic mass is 19.1. The molecule has 1 amide bonds. The summed E-state index contributed by atoms with van der Waals surface area (Å²) in [6.45, 7) is 1.02. The van der Waals surface area contributed by atoms with E-state index in [9.17, 15) is 14.0 Å². The number of benzene rings is 2. The summed E-state index contributed by atoms with van der Waals surface area (Å²) in [6.07, 6.45) is 0. The molecular weight excluding hydrogens is 341 g/mol. The molecule has 2 aromatic carbocycles. The third-order valence-corrected chi connectivity index (χ3v) is 3.65. The molecule has 0 aliphatic rings. The molecule has 6 nitrogen and oxygen atoms in total. The van der Waals surface area contributed by atoms with Gasteiger partial charge in [-0.3, -0.25) is 4.79 Å². The number of carbonyl (C=O) groups excluding carboxylic acids is 1. The minimum absolute atomic E-state index is 0.0486. The van der Waals surface area contributed by atoms with Gasteiger partial charge in [-0.2, -0.15) is 0 Å². The molecule has 2 N–H and O–H groups in total. The summed E-state index contributed by atoms with van der Waals surface area (Å²) in [5.74, 6) is -1.80. The van der Waals surface area contributed by atoms with Crippen LogP contribution in [0, 0.1) is 5.82 Å². The molecule has 0 aliphatic heterocycles. The Morgan fingerprint density at radius 2 is 1.77 bits per heavy atom. The Bertz CT molecular complexity index is 761. The van der Waals surface area contributed by atoms with Crippen LogP contribution in [0.25, 0.3) is 0 Å². The van der Waals surface area contributed by atoms with E-state index in [1.807, 2.05) is 0 Å². The van der Waals surface area contributed by atoms with Crippen molar-refractivity contribution in [3.8, 4) is 0 Å². The Kier molecular flexibility index (Phi) is 7.25. The standard InChI is InChI=1S/C19H20FNO5/c1-25-8-9-26-12-16-10-15(6-7-17(16)20)18(22)21-11-13-2-4-14(5-3-13)19(23)24/h2-7,10H,8-9,11-12H2,1H3,(H,21,22)(H,23,24). The van der Waals surface area contributed by atoms with Crippen LogP contribution in [0.15, 0.2) is 42.5 Å². The van der Waals surface area contributed by atoms with E-state index in [1.165, 1.54) is 30.3 Å². The predicted octanol–water partition coefficient (Wildman–Crippen LogP) is 2.62. The van der Waals surface area contributed by atoms with Crippen LogP contribution < -0.4 is 5.32 Å². The van der Waals surface area contributed by atoms with Crippen molar-refractivity contribution in [2.45, 2.75) is 13.2 Å². The van der Waals surface area contributed by atoms with Crippen molar-refractivity contribution in [1.82, 2.24) is 5.32 Å². The number of methoxy groups -OCH3 is 1. The van der Waals surface area contributed by atoms with E-state index in [1.54, 1.807) is 19.2 Å². The first-order valence-corrected chi connectivity index (χ1v) is 7.97. The van der Waals surface area contributed by atoms with Gasteiger partial charge in [-0.05, 0) is 35.9 Å². The fourth-order valence-corrected chi connectivity index (χ4v) is 2.20. The molecule has 2 rings (SSSR count). The number of ether oxygens (including phenoxy) is 2. The summed E-state index contributed by atoms with van der Waals surface area (Å²) in [7, 11) is 1.55. The molecule has 0 saturated carbocycles. The SMILES string of the molecule is COCCOCc1cc(C(=O)NCc2ccc(C(=O)O)cc2)ccc1F. The highest BCUT2D eigenvalue weighted by Gasteiger charge is 2.10. The predicted molar refractivity (Wildman–Crippen MR) is 92.5 cm³/mol. The van der Waals surface area contributed by atoms with Gasteiger partial charge in [0.25, 0.3) is 5.91 Å². The smallest absolute Gasteiger partial charge is 0.335 e. The third-order valence-electron chi connectivity index (χ3n) is 3.65. The van der Waals surface area contributed by atoms with E-state index in [0.29, 0.717) is 24.3 Å². The monoisotopic (exact) mass is 361 g/mol. The molecule has 0 fully saturated rings. The second-order valence-electron chi connectivity index (χ2n) is 5.54. The minimum atomic E-state index is -1.01. The van der Waals surface area contributed by atoms with Gasteiger partial charge in [0.2, 0.25) is 0 Å². The zero-order valence-corrected chi connectivity index (χ0v) is 14.3. The Morgan fingerprint density at radius 3 is 2.42 bits per heavy atom. The number of carbonyl (C=O) groups is 2. The molecule has 138 valence electrons. The topological polar surface area (TPSA) is 84.9 Å². The van der Waals surface area contributed by atoms with Crippen LogP contribution >= 0.6 is 0 Å². The fourth-order valence-electron chi connectivity index (χ4n) is 2.20. The first-order valence-electron chi connectivity index (χ1n) is 7.97. The van der Waals surface area contributed by atoms with Gasteiger partial charge in [-0.1, -0.05) is 12.1 Å². The molecule has 0 heterocycles. The number of amides is 1. The summed E-state index contributed by atoms with van der Waals surface area (Å²) in [6, 6.07) is 10.3. The van der Waals surface area contributed by atoms with Crippen LogP contribution in [-0.2, 0) is 22.6 Å². The molecule has 0 atom stereocenters. The fraction of sp³-hybridized carbons (Fsp3) is 0.263. The summed E-state index contributed by atoms with van der Waals surface area (Å²) in [5, 5.41) is 11.6. The van der Waals surface area contributed by atoms with Gasteiger partial charge >= 0.3 is 5.97 Å². The lowest BCUT2D eigenvalue weighted by Crippen LogP contribution is -2.23. The lowest BCUT2D eigenvalue weighted by atomic mass is 10.1. The van der Waals surface area contributed by atoms with Crippen LogP contribution in [-0.4, -0.2) is 37.3 Å². The van der Waals surface area contributed by atoms with E-state index >= 15 is 0 Å². The minimum Gasteiger partial charge on any atom is -0.478 e. The first-order chi connectivity index (χ1) is 12.5. The van der Waals surface area contributed by atoms with Crippen molar-refractivity contribution in [1.29, 1.82) is 0 Å². The average Bonchev–Trinajstić information content (AvgIpc) is 2.65. The number of rotatable bonds is 9. The summed E-state index contributed by atoms with van der Waals surface area (Å²) in [4.78, 5) is 23.1. The second kappa shape index (κ2) is 9.65. The maximum Gasteiger partial charge on any atom is 0.335 e. The number of aromatic carboxylic acids is 1. The zero-order chi connectivity index (χ0) is 18.9. The van der Waals surface area contributed by atoms with Gasteiger partial charge in [0.15, 0.2) is 0 Å². The van der Waals surface area contributed by atoms with Crippen molar-refractivity contribution >= 4 is 11.9 Å². The zero-order valence-electron chi connectivity index (χ0n) is 14.3. The molecule has 0 radical (unpaired) electrons. The summed E-state index contributed by atoms with van der Waals surface area (Å²) >= 11 is 0. The molecule has 0 unspecified atom stereocenters.